The second kappa shape index (κ2) is 6.89. The second-order valence-electron chi connectivity index (χ2n) is 5.13. The Morgan fingerprint density at radius 1 is 1.44 bits per heavy atom. The predicted octanol–water partition coefficient (Wildman–Crippen LogP) is 2.61. The Labute approximate surface area is 98.8 Å². The maximum Gasteiger partial charge on any atom is 0.307 e. The molecule has 1 rings (SSSR count). The van der Waals surface area contributed by atoms with Crippen LogP contribution in [0, 0.1) is 11.8 Å². The van der Waals surface area contributed by atoms with E-state index in [0.717, 1.165) is 19.0 Å². The van der Waals surface area contributed by atoms with E-state index >= 15 is 0 Å². The third-order valence-electron chi connectivity index (χ3n) is 3.59. The van der Waals surface area contributed by atoms with Gasteiger partial charge in [0, 0.05) is 6.54 Å². The zero-order valence-electron chi connectivity index (χ0n) is 10.6. The van der Waals surface area contributed by atoms with E-state index in [1.807, 2.05) is 0 Å². The van der Waals surface area contributed by atoms with E-state index in [9.17, 15) is 4.79 Å². The average molecular weight is 227 g/mol. The van der Waals surface area contributed by atoms with Crippen molar-refractivity contribution in [3.05, 3.63) is 0 Å². The van der Waals surface area contributed by atoms with Crippen LogP contribution in [0.25, 0.3) is 0 Å². The first-order chi connectivity index (χ1) is 7.63. The first-order valence-corrected chi connectivity index (χ1v) is 6.58. The molecule has 2 unspecified atom stereocenters. The van der Waals surface area contributed by atoms with Crippen molar-refractivity contribution in [2.45, 2.75) is 46.0 Å². The monoisotopic (exact) mass is 227 g/mol. The maximum atomic E-state index is 10.8. The smallest absolute Gasteiger partial charge is 0.307 e. The molecule has 3 heteroatoms. The molecule has 16 heavy (non-hydrogen) atoms. The highest BCUT2D eigenvalue weighted by molar-refractivity contribution is 5.69. The summed E-state index contributed by atoms with van der Waals surface area (Å²) in [5.74, 6) is -0.0350. The minimum Gasteiger partial charge on any atom is -0.481 e. The molecule has 2 atom stereocenters. The molecule has 1 N–H and O–H groups in total. The van der Waals surface area contributed by atoms with Gasteiger partial charge in [-0.05, 0) is 38.3 Å². The van der Waals surface area contributed by atoms with Crippen molar-refractivity contribution in [2.24, 2.45) is 11.8 Å². The highest BCUT2D eigenvalue weighted by Gasteiger charge is 2.20. The number of rotatable bonds is 5. The summed E-state index contributed by atoms with van der Waals surface area (Å²) in [6.45, 7) is 6.93. The van der Waals surface area contributed by atoms with Crippen LogP contribution in [0.4, 0.5) is 0 Å². The summed E-state index contributed by atoms with van der Waals surface area (Å²) < 4.78 is 0. The van der Waals surface area contributed by atoms with Gasteiger partial charge < -0.3 is 10.0 Å². The van der Waals surface area contributed by atoms with E-state index in [4.69, 9.17) is 5.11 Å². The lowest BCUT2D eigenvalue weighted by atomic mass is 9.96. The third kappa shape index (κ3) is 4.52. The first kappa shape index (κ1) is 13.5. The summed E-state index contributed by atoms with van der Waals surface area (Å²) in [5, 5.41) is 8.89. The Hall–Kier alpha value is -0.570. The van der Waals surface area contributed by atoms with E-state index in [1.165, 1.54) is 32.1 Å². The van der Waals surface area contributed by atoms with Gasteiger partial charge in [-0.1, -0.05) is 26.7 Å². The number of carboxylic acid groups (broad SMARTS) is 1. The molecule has 1 aliphatic rings. The Balaban J connectivity index is 2.32. The molecule has 0 aromatic heterocycles. The number of carbonyl (C=O) groups is 1. The molecule has 0 aromatic carbocycles. The summed E-state index contributed by atoms with van der Waals surface area (Å²) in [4.78, 5) is 13.1. The fourth-order valence-electron chi connectivity index (χ4n) is 2.57. The van der Waals surface area contributed by atoms with E-state index in [0.29, 0.717) is 6.54 Å². The number of likely N-dealkylation sites (tertiary alicyclic amines) is 1. The molecular formula is C13H25NO2. The minimum atomic E-state index is -0.672. The van der Waals surface area contributed by atoms with Crippen LogP contribution < -0.4 is 0 Å². The lowest BCUT2D eigenvalue weighted by Crippen LogP contribution is -2.32. The molecule has 1 saturated heterocycles. The maximum absolute atomic E-state index is 10.8. The average Bonchev–Trinajstić information content (AvgIpc) is 2.44. The lowest BCUT2D eigenvalue weighted by Gasteiger charge is -2.22. The van der Waals surface area contributed by atoms with Crippen LogP contribution in [0.5, 0.6) is 0 Å². The molecule has 1 aliphatic heterocycles. The standard InChI is InChI=1S/C13H25NO2/c1-3-5-12-6-4-8-14(9-7-12)10-11(2)13(15)16/h11-12H,3-10H2,1-2H3,(H,15,16). The molecule has 0 aromatic rings. The summed E-state index contributed by atoms with van der Waals surface area (Å²) in [6.07, 6.45) is 6.42. The van der Waals surface area contributed by atoms with Crippen LogP contribution in [0.2, 0.25) is 0 Å². The van der Waals surface area contributed by atoms with E-state index in [1.54, 1.807) is 6.92 Å². The molecule has 0 amide bonds. The predicted molar refractivity (Wildman–Crippen MR) is 65.5 cm³/mol. The van der Waals surface area contributed by atoms with Crippen molar-refractivity contribution >= 4 is 5.97 Å². The van der Waals surface area contributed by atoms with Crippen LogP contribution in [-0.2, 0) is 4.79 Å². The molecule has 94 valence electrons. The molecule has 1 heterocycles. The topological polar surface area (TPSA) is 40.5 Å². The largest absolute Gasteiger partial charge is 0.481 e. The van der Waals surface area contributed by atoms with Crippen molar-refractivity contribution in [1.82, 2.24) is 4.90 Å². The van der Waals surface area contributed by atoms with E-state index < -0.39 is 5.97 Å². The highest BCUT2D eigenvalue weighted by Crippen LogP contribution is 2.22. The Kier molecular flexibility index (Phi) is 5.81. The number of hydrogen-bond donors (Lipinski definition) is 1. The third-order valence-corrected chi connectivity index (χ3v) is 3.59. The van der Waals surface area contributed by atoms with Gasteiger partial charge in [-0.2, -0.15) is 0 Å². The zero-order chi connectivity index (χ0) is 12.0. The zero-order valence-corrected chi connectivity index (χ0v) is 10.6. The fourth-order valence-corrected chi connectivity index (χ4v) is 2.57. The number of aliphatic carboxylic acids is 1. The van der Waals surface area contributed by atoms with Crippen molar-refractivity contribution in [3.63, 3.8) is 0 Å². The first-order valence-electron chi connectivity index (χ1n) is 6.58. The van der Waals surface area contributed by atoms with Crippen molar-refractivity contribution in [2.75, 3.05) is 19.6 Å². The van der Waals surface area contributed by atoms with Gasteiger partial charge in [-0.3, -0.25) is 4.79 Å². The molecule has 0 radical (unpaired) electrons. The summed E-state index contributed by atoms with van der Waals surface area (Å²) >= 11 is 0. The fraction of sp³-hybridized carbons (Fsp3) is 0.923. The van der Waals surface area contributed by atoms with E-state index in [-0.39, 0.29) is 5.92 Å². The Morgan fingerprint density at radius 3 is 2.81 bits per heavy atom. The van der Waals surface area contributed by atoms with Gasteiger partial charge >= 0.3 is 5.97 Å². The lowest BCUT2D eigenvalue weighted by molar-refractivity contribution is -0.141. The SMILES string of the molecule is CCCC1CCCN(CC(C)C(=O)O)CC1. The molecule has 0 bridgehead atoms. The van der Waals surface area contributed by atoms with Gasteiger partial charge in [-0.25, -0.2) is 0 Å². The Bertz CT molecular complexity index is 218. The number of hydrogen-bond acceptors (Lipinski definition) is 2. The van der Waals surface area contributed by atoms with Gasteiger partial charge in [0.05, 0.1) is 5.92 Å². The highest BCUT2D eigenvalue weighted by atomic mass is 16.4. The van der Waals surface area contributed by atoms with Crippen LogP contribution in [0.15, 0.2) is 0 Å². The minimum absolute atomic E-state index is 0.234. The van der Waals surface area contributed by atoms with Crippen molar-refractivity contribution in [1.29, 1.82) is 0 Å². The van der Waals surface area contributed by atoms with Crippen molar-refractivity contribution in [3.8, 4) is 0 Å². The molecule has 0 saturated carbocycles. The molecular weight excluding hydrogens is 202 g/mol. The van der Waals surface area contributed by atoms with Crippen molar-refractivity contribution < 1.29 is 9.90 Å². The van der Waals surface area contributed by atoms with Crippen LogP contribution in [-0.4, -0.2) is 35.6 Å². The van der Waals surface area contributed by atoms with Gasteiger partial charge in [0.1, 0.15) is 0 Å². The van der Waals surface area contributed by atoms with Gasteiger partial charge in [0.25, 0.3) is 0 Å². The molecule has 3 nitrogen and oxygen atoms in total. The van der Waals surface area contributed by atoms with Gasteiger partial charge in [-0.15, -0.1) is 0 Å². The number of carboxylic acids is 1. The summed E-state index contributed by atoms with van der Waals surface area (Å²) in [5.41, 5.74) is 0. The molecule has 0 spiro atoms. The van der Waals surface area contributed by atoms with Crippen LogP contribution in [0.1, 0.15) is 46.0 Å². The summed E-state index contributed by atoms with van der Waals surface area (Å²) in [7, 11) is 0. The Morgan fingerprint density at radius 2 is 2.19 bits per heavy atom. The number of nitrogens with zero attached hydrogens (tertiary/aromatic N) is 1. The second-order valence-corrected chi connectivity index (χ2v) is 5.13. The quantitative estimate of drug-likeness (QED) is 0.785. The van der Waals surface area contributed by atoms with E-state index in [2.05, 4.69) is 11.8 Å². The normalized spacial score (nSPS) is 25.0. The molecule has 1 fully saturated rings. The molecule has 0 aliphatic carbocycles. The van der Waals surface area contributed by atoms with Crippen LogP contribution in [0.3, 0.4) is 0 Å². The van der Waals surface area contributed by atoms with Crippen LogP contribution >= 0.6 is 0 Å². The van der Waals surface area contributed by atoms with Gasteiger partial charge in [0.2, 0.25) is 0 Å². The summed E-state index contributed by atoms with van der Waals surface area (Å²) in [6, 6.07) is 0. The van der Waals surface area contributed by atoms with Gasteiger partial charge in [0.15, 0.2) is 0 Å².